The number of aromatic amines is 1. The number of alkyl halides is 3. The molecule has 0 aliphatic heterocycles. The zero-order chi connectivity index (χ0) is 22.0. The molecule has 0 bridgehead atoms. The van der Waals surface area contributed by atoms with Gasteiger partial charge in [0, 0.05) is 17.7 Å². The molecule has 1 amide bonds. The quantitative estimate of drug-likeness (QED) is 0.436. The maximum Gasteiger partial charge on any atom is 0.416 e. The molecule has 5 nitrogen and oxygen atoms in total. The Morgan fingerprint density at radius 1 is 0.935 bits per heavy atom. The predicted octanol–water partition coefficient (Wildman–Crippen LogP) is 4.64. The minimum atomic E-state index is -4.41. The molecule has 31 heavy (non-hydrogen) atoms. The number of amides is 1. The first-order chi connectivity index (χ1) is 14.8. The SMILES string of the molecule is O=C(NCCO)c1ccc(-c2ccc(-c3nc4ccc(C(F)(F)F)cc4[nH]3)cc2)cc1. The molecule has 0 aliphatic rings. The lowest BCUT2D eigenvalue weighted by Crippen LogP contribution is -2.26. The number of rotatable bonds is 5. The van der Waals surface area contributed by atoms with Crippen LogP contribution in [0.5, 0.6) is 0 Å². The van der Waals surface area contributed by atoms with Gasteiger partial charge in [-0.3, -0.25) is 4.79 Å². The van der Waals surface area contributed by atoms with Gasteiger partial charge in [-0.25, -0.2) is 4.98 Å². The van der Waals surface area contributed by atoms with Crippen molar-refractivity contribution in [3.63, 3.8) is 0 Å². The van der Waals surface area contributed by atoms with Gasteiger partial charge in [-0.15, -0.1) is 0 Å². The van der Waals surface area contributed by atoms with Gasteiger partial charge in [-0.2, -0.15) is 13.2 Å². The number of aliphatic hydroxyl groups excluding tert-OH is 1. The zero-order valence-electron chi connectivity index (χ0n) is 16.2. The fraction of sp³-hybridized carbons (Fsp3) is 0.130. The molecule has 0 spiro atoms. The lowest BCUT2D eigenvalue weighted by Gasteiger charge is -2.06. The van der Waals surface area contributed by atoms with E-state index in [1.165, 1.54) is 6.07 Å². The number of imidazole rings is 1. The molecule has 158 valence electrons. The summed E-state index contributed by atoms with van der Waals surface area (Å²) in [5.74, 6) is 0.228. The van der Waals surface area contributed by atoms with E-state index in [1.54, 1.807) is 12.1 Å². The molecule has 0 saturated heterocycles. The van der Waals surface area contributed by atoms with Crippen LogP contribution in [0.4, 0.5) is 13.2 Å². The largest absolute Gasteiger partial charge is 0.416 e. The number of aliphatic hydroxyl groups is 1. The van der Waals surface area contributed by atoms with Crippen LogP contribution in [0.2, 0.25) is 0 Å². The third-order valence-corrected chi connectivity index (χ3v) is 4.85. The molecule has 0 radical (unpaired) electrons. The van der Waals surface area contributed by atoms with Crippen molar-refractivity contribution < 1.29 is 23.1 Å². The van der Waals surface area contributed by atoms with Crippen LogP contribution < -0.4 is 5.32 Å². The van der Waals surface area contributed by atoms with E-state index in [0.29, 0.717) is 22.4 Å². The predicted molar refractivity (Wildman–Crippen MR) is 111 cm³/mol. The van der Waals surface area contributed by atoms with E-state index in [1.807, 2.05) is 36.4 Å². The normalized spacial score (nSPS) is 11.6. The second kappa shape index (κ2) is 8.23. The van der Waals surface area contributed by atoms with Gasteiger partial charge in [0.05, 0.1) is 23.2 Å². The number of nitrogens with one attached hydrogen (secondary N) is 2. The highest BCUT2D eigenvalue weighted by Crippen LogP contribution is 2.32. The van der Waals surface area contributed by atoms with Crippen molar-refractivity contribution in [2.45, 2.75) is 6.18 Å². The number of H-pyrrole nitrogens is 1. The standard InChI is InChI=1S/C23H18F3N3O2/c24-23(25,26)18-9-10-19-20(13-18)29-21(28-19)16-5-1-14(2-6-16)15-3-7-17(8-4-15)22(31)27-11-12-30/h1-10,13,30H,11-12H2,(H,27,31)(H,28,29). The minimum absolute atomic E-state index is 0.120. The maximum absolute atomic E-state index is 12.9. The molecule has 8 heteroatoms. The smallest absolute Gasteiger partial charge is 0.395 e. The van der Waals surface area contributed by atoms with Crippen LogP contribution >= 0.6 is 0 Å². The molecule has 3 N–H and O–H groups in total. The van der Waals surface area contributed by atoms with Crippen LogP contribution in [0.25, 0.3) is 33.5 Å². The lowest BCUT2D eigenvalue weighted by atomic mass is 10.0. The Morgan fingerprint density at radius 2 is 1.55 bits per heavy atom. The topological polar surface area (TPSA) is 78.0 Å². The van der Waals surface area contributed by atoms with E-state index in [9.17, 15) is 18.0 Å². The molecule has 1 aromatic heterocycles. The molecule has 0 atom stereocenters. The summed E-state index contributed by atoms with van der Waals surface area (Å²) >= 11 is 0. The van der Waals surface area contributed by atoms with E-state index < -0.39 is 11.7 Å². The summed E-state index contributed by atoms with van der Waals surface area (Å²) in [6.07, 6.45) is -4.41. The monoisotopic (exact) mass is 425 g/mol. The van der Waals surface area contributed by atoms with Crippen molar-refractivity contribution >= 4 is 16.9 Å². The van der Waals surface area contributed by atoms with Crippen molar-refractivity contribution in [2.24, 2.45) is 0 Å². The fourth-order valence-corrected chi connectivity index (χ4v) is 3.23. The summed E-state index contributed by atoms with van der Waals surface area (Å²) in [6, 6.07) is 17.9. The molecule has 4 rings (SSSR count). The Hall–Kier alpha value is -3.65. The van der Waals surface area contributed by atoms with Crippen LogP contribution in [0.15, 0.2) is 66.7 Å². The fourth-order valence-electron chi connectivity index (χ4n) is 3.23. The number of halogens is 3. The van der Waals surface area contributed by atoms with Crippen molar-refractivity contribution in [1.82, 2.24) is 15.3 Å². The van der Waals surface area contributed by atoms with Crippen LogP contribution in [-0.2, 0) is 6.18 Å². The number of carbonyl (C=O) groups excluding carboxylic acids is 1. The summed E-state index contributed by atoms with van der Waals surface area (Å²) in [7, 11) is 0. The molecule has 0 unspecified atom stereocenters. The van der Waals surface area contributed by atoms with Gasteiger partial charge < -0.3 is 15.4 Å². The Morgan fingerprint density at radius 3 is 2.16 bits per heavy atom. The number of aromatic nitrogens is 2. The summed E-state index contributed by atoms with van der Waals surface area (Å²) in [6.45, 7) is 0.0756. The van der Waals surface area contributed by atoms with Crippen molar-refractivity contribution in [1.29, 1.82) is 0 Å². The first-order valence-electron chi connectivity index (χ1n) is 9.52. The molecule has 1 heterocycles. The zero-order valence-corrected chi connectivity index (χ0v) is 16.2. The second-order valence-electron chi connectivity index (χ2n) is 6.95. The van der Waals surface area contributed by atoms with E-state index >= 15 is 0 Å². The average molecular weight is 425 g/mol. The van der Waals surface area contributed by atoms with Crippen LogP contribution in [0, 0.1) is 0 Å². The van der Waals surface area contributed by atoms with Gasteiger partial charge in [-0.1, -0.05) is 36.4 Å². The van der Waals surface area contributed by atoms with Crippen LogP contribution in [-0.4, -0.2) is 34.1 Å². The number of fused-ring (bicyclic) bond motifs is 1. The third-order valence-electron chi connectivity index (χ3n) is 4.85. The van der Waals surface area contributed by atoms with Gasteiger partial charge in [0.15, 0.2) is 0 Å². The molecular weight excluding hydrogens is 407 g/mol. The number of hydrogen-bond acceptors (Lipinski definition) is 3. The summed E-state index contributed by atoms with van der Waals surface area (Å²) in [5, 5.41) is 11.4. The van der Waals surface area contributed by atoms with Crippen molar-refractivity contribution in [3.05, 3.63) is 77.9 Å². The molecule has 0 saturated carbocycles. The van der Waals surface area contributed by atoms with Crippen LogP contribution in [0.1, 0.15) is 15.9 Å². The van der Waals surface area contributed by atoms with Crippen molar-refractivity contribution in [3.8, 4) is 22.5 Å². The first kappa shape index (κ1) is 20.6. The molecule has 0 aliphatic carbocycles. The number of carbonyl (C=O) groups is 1. The van der Waals surface area contributed by atoms with Gasteiger partial charge in [0.25, 0.3) is 5.91 Å². The Balaban J connectivity index is 1.55. The van der Waals surface area contributed by atoms with Crippen molar-refractivity contribution in [2.75, 3.05) is 13.2 Å². The van der Waals surface area contributed by atoms with Gasteiger partial charge >= 0.3 is 6.18 Å². The summed E-state index contributed by atoms with van der Waals surface area (Å²) in [5.41, 5.74) is 3.12. The molecule has 3 aromatic carbocycles. The van der Waals surface area contributed by atoms with Gasteiger partial charge in [0.2, 0.25) is 0 Å². The second-order valence-corrected chi connectivity index (χ2v) is 6.95. The maximum atomic E-state index is 12.9. The minimum Gasteiger partial charge on any atom is -0.395 e. The van der Waals surface area contributed by atoms with E-state index in [4.69, 9.17) is 5.11 Å². The lowest BCUT2D eigenvalue weighted by molar-refractivity contribution is -0.137. The molecule has 0 fully saturated rings. The first-order valence-corrected chi connectivity index (χ1v) is 9.52. The highest BCUT2D eigenvalue weighted by Gasteiger charge is 2.30. The van der Waals surface area contributed by atoms with Crippen LogP contribution in [0.3, 0.4) is 0 Å². The highest BCUT2D eigenvalue weighted by molar-refractivity contribution is 5.94. The van der Waals surface area contributed by atoms with E-state index in [2.05, 4.69) is 15.3 Å². The Kier molecular flexibility index (Phi) is 5.48. The van der Waals surface area contributed by atoms with E-state index in [0.717, 1.165) is 28.8 Å². The third kappa shape index (κ3) is 4.44. The highest BCUT2D eigenvalue weighted by atomic mass is 19.4. The number of nitrogens with zero attached hydrogens (tertiary/aromatic N) is 1. The van der Waals surface area contributed by atoms with E-state index in [-0.39, 0.29) is 19.1 Å². The van der Waals surface area contributed by atoms with Gasteiger partial charge in [-0.05, 0) is 41.5 Å². The number of benzene rings is 3. The summed E-state index contributed by atoms with van der Waals surface area (Å²) < 4.78 is 38.7. The van der Waals surface area contributed by atoms with Gasteiger partial charge in [0.1, 0.15) is 5.82 Å². The average Bonchev–Trinajstić information content (AvgIpc) is 3.20. The Labute approximate surface area is 175 Å². The molecule has 4 aromatic rings. The summed E-state index contributed by atoms with van der Waals surface area (Å²) in [4.78, 5) is 19.2. The number of hydrogen-bond donors (Lipinski definition) is 3. The Bertz CT molecular complexity index is 1210. The molecular formula is C23H18F3N3O2.